The predicted octanol–water partition coefficient (Wildman–Crippen LogP) is 2.86. The van der Waals surface area contributed by atoms with Gasteiger partial charge in [0.25, 0.3) is 0 Å². The van der Waals surface area contributed by atoms with Crippen LogP contribution in [0, 0.1) is 0 Å². The summed E-state index contributed by atoms with van der Waals surface area (Å²) in [5.41, 5.74) is 1.93. The summed E-state index contributed by atoms with van der Waals surface area (Å²) in [4.78, 5) is 11.6. The molecule has 1 atom stereocenters. The molecule has 2 rings (SSSR count). The van der Waals surface area contributed by atoms with Crippen LogP contribution in [0.2, 0.25) is 0 Å². The molecular weight excluding hydrogens is 262 g/mol. The zero-order valence-electron chi connectivity index (χ0n) is 10.5. The minimum Gasteiger partial charge on any atom is -0.472 e. The van der Waals surface area contributed by atoms with Crippen molar-refractivity contribution < 1.29 is 13.9 Å². The summed E-state index contributed by atoms with van der Waals surface area (Å²) in [5, 5.41) is 6.81. The van der Waals surface area contributed by atoms with E-state index < -0.39 is 0 Å². The molecule has 0 saturated heterocycles. The summed E-state index contributed by atoms with van der Waals surface area (Å²) in [6.45, 7) is 0.446. The SMILES string of the molecule is CO[C@@H](CNC(=O)/C=C/c1ccoc1)c1ccsc1. The van der Waals surface area contributed by atoms with E-state index in [9.17, 15) is 4.79 Å². The highest BCUT2D eigenvalue weighted by Crippen LogP contribution is 2.18. The first kappa shape index (κ1) is 13.6. The van der Waals surface area contributed by atoms with Gasteiger partial charge in [0.1, 0.15) is 6.10 Å². The smallest absolute Gasteiger partial charge is 0.244 e. The van der Waals surface area contributed by atoms with Crippen molar-refractivity contribution in [2.75, 3.05) is 13.7 Å². The van der Waals surface area contributed by atoms with Crippen LogP contribution in [0.25, 0.3) is 6.08 Å². The lowest BCUT2D eigenvalue weighted by molar-refractivity contribution is -0.117. The minimum absolute atomic E-state index is 0.113. The fourth-order valence-electron chi connectivity index (χ4n) is 1.59. The van der Waals surface area contributed by atoms with Crippen LogP contribution in [-0.4, -0.2) is 19.6 Å². The number of carbonyl (C=O) groups is 1. The van der Waals surface area contributed by atoms with Gasteiger partial charge in [0.2, 0.25) is 5.91 Å². The van der Waals surface area contributed by atoms with Gasteiger partial charge in [0, 0.05) is 25.3 Å². The summed E-state index contributed by atoms with van der Waals surface area (Å²) in [6.07, 6.45) is 6.20. The van der Waals surface area contributed by atoms with Crippen molar-refractivity contribution in [2.24, 2.45) is 0 Å². The van der Waals surface area contributed by atoms with Crippen molar-refractivity contribution in [1.82, 2.24) is 5.32 Å². The van der Waals surface area contributed by atoms with E-state index in [1.54, 1.807) is 43.1 Å². The van der Waals surface area contributed by atoms with Crippen LogP contribution in [0.1, 0.15) is 17.2 Å². The number of thiophene rings is 1. The molecule has 100 valence electrons. The van der Waals surface area contributed by atoms with Crippen molar-refractivity contribution in [3.63, 3.8) is 0 Å². The molecule has 1 amide bonds. The highest BCUT2D eigenvalue weighted by Gasteiger charge is 2.11. The largest absolute Gasteiger partial charge is 0.472 e. The fraction of sp³-hybridized carbons (Fsp3) is 0.214. The Labute approximate surface area is 115 Å². The Morgan fingerprint density at radius 1 is 1.58 bits per heavy atom. The molecule has 1 N–H and O–H groups in total. The van der Waals surface area contributed by atoms with Crippen LogP contribution in [0.4, 0.5) is 0 Å². The third kappa shape index (κ3) is 4.08. The number of furan rings is 1. The standard InChI is InChI=1S/C14H15NO3S/c1-17-13(12-5-7-19-10-12)8-15-14(16)3-2-11-4-6-18-9-11/h2-7,9-10,13H,8H2,1H3,(H,15,16)/b3-2+/t13-/m0/s1. The highest BCUT2D eigenvalue weighted by atomic mass is 32.1. The average molecular weight is 277 g/mol. The lowest BCUT2D eigenvalue weighted by atomic mass is 10.2. The normalized spacial score (nSPS) is 12.7. The molecule has 2 aromatic rings. The molecule has 19 heavy (non-hydrogen) atoms. The van der Waals surface area contributed by atoms with Crippen molar-refractivity contribution in [3.8, 4) is 0 Å². The topological polar surface area (TPSA) is 51.5 Å². The van der Waals surface area contributed by atoms with E-state index in [0.717, 1.165) is 11.1 Å². The van der Waals surface area contributed by atoms with Crippen molar-refractivity contribution >= 4 is 23.3 Å². The summed E-state index contributed by atoms with van der Waals surface area (Å²) in [6, 6.07) is 3.78. The molecule has 2 heterocycles. The quantitative estimate of drug-likeness (QED) is 0.826. The Morgan fingerprint density at radius 2 is 2.47 bits per heavy atom. The third-order valence-corrected chi connectivity index (χ3v) is 3.33. The number of carbonyl (C=O) groups excluding carboxylic acids is 1. The van der Waals surface area contributed by atoms with Gasteiger partial charge in [0.15, 0.2) is 0 Å². The molecule has 0 saturated carbocycles. The maximum absolute atomic E-state index is 11.6. The van der Waals surface area contributed by atoms with E-state index in [1.807, 2.05) is 16.8 Å². The van der Waals surface area contributed by atoms with Crippen molar-refractivity contribution in [3.05, 3.63) is 52.6 Å². The molecule has 0 aliphatic rings. The lowest BCUT2D eigenvalue weighted by Crippen LogP contribution is -2.27. The van der Waals surface area contributed by atoms with Crippen LogP contribution in [0.5, 0.6) is 0 Å². The molecular formula is C14H15NO3S. The molecule has 2 aromatic heterocycles. The van der Waals surface area contributed by atoms with Gasteiger partial charge in [0.05, 0.1) is 12.5 Å². The molecule has 0 aromatic carbocycles. The molecule has 0 radical (unpaired) electrons. The molecule has 0 aliphatic heterocycles. The first-order valence-corrected chi connectivity index (χ1v) is 6.77. The maximum Gasteiger partial charge on any atom is 0.244 e. The van der Waals surface area contributed by atoms with Gasteiger partial charge in [-0.05, 0) is 34.5 Å². The number of ether oxygens (including phenoxy) is 1. The number of hydrogen-bond acceptors (Lipinski definition) is 4. The number of hydrogen-bond donors (Lipinski definition) is 1. The number of rotatable bonds is 6. The predicted molar refractivity (Wildman–Crippen MR) is 74.8 cm³/mol. The van der Waals surface area contributed by atoms with Gasteiger partial charge in [-0.15, -0.1) is 0 Å². The monoisotopic (exact) mass is 277 g/mol. The third-order valence-electron chi connectivity index (χ3n) is 2.63. The van der Waals surface area contributed by atoms with E-state index in [2.05, 4.69) is 5.32 Å². The van der Waals surface area contributed by atoms with Crippen LogP contribution in [-0.2, 0) is 9.53 Å². The van der Waals surface area contributed by atoms with E-state index in [0.29, 0.717) is 6.54 Å². The Kier molecular flexibility index (Phi) is 4.94. The van der Waals surface area contributed by atoms with E-state index in [-0.39, 0.29) is 12.0 Å². The van der Waals surface area contributed by atoms with Gasteiger partial charge in [-0.3, -0.25) is 4.79 Å². The molecule has 0 aliphatic carbocycles. The van der Waals surface area contributed by atoms with Crippen LogP contribution >= 0.6 is 11.3 Å². The van der Waals surface area contributed by atoms with Gasteiger partial charge in [-0.1, -0.05) is 0 Å². The summed E-state index contributed by atoms with van der Waals surface area (Å²) in [5.74, 6) is -0.154. The van der Waals surface area contributed by atoms with Gasteiger partial charge >= 0.3 is 0 Å². The number of methoxy groups -OCH3 is 1. The summed E-state index contributed by atoms with van der Waals surface area (Å²) in [7, 11) is 1.63. The van der Waals surface area contributed by atoms with Crippen molar-refractivity contribution in [1.29, 1.82) is 0 Å². The Morgan fingerprint density at radius 3 is 3.11 bits per heavy atom. The van der Waals surface area contributed by atoms with Crippen molar-refractivity contribution in [2.45, 2.75) is 6.10 Å². The molecule has 0 unspecified atom stereocenters. The molecule has 0 spiro atoms. The zero-order valence-corrected chi connectivity index (χ0v) is 11.4. The Balaban J connectivity index is 1.82. The second-order valence-electron chi connectivity index (χ2n) is 3.92. The Hall–Kier alpha value is -1.85. The second-order valence-corrected chi connectivity index (χ2v) is 4.70. The first-order valence-electron chi connectivity index (χ1n) is 5.82. The number of amides is 1. The van der Waals surface area contributed by atoms with Crippen LogP contribution in [0.3, 0.4) is 0 Å². The Bertz CT molecular complexity index is 517. The van der Waals surface area contributed by atoms with E-state index >= 15 is 0 Å². The lowest BCUT2D eigenvalue weighted by Gasteiger charge is -2.14. The van der Waals surface area contributed by atoms with Crippen LogP contribution in [0.15, 0.2) is 45.9 Å². The first-order chi connectivity index (χ1) is 9.29. The van der Waals surface area contributed by atoms with Gasteiger partial charge < -0.3 is 14.5 Å². The van der Waals surface area contributed by atoms with E-state index in [4.69, 9.17) is 9.15 Å². The average Bonchev–Trinajstić information content (AvgIpc) is 3.10. The molecule has 5 heteroatoms. The maximum atomic E-state index is 11.6. The van der Waals surface area contributed by atoms with Gasteiger partial charge in [-0.2, -0.15) is 11.3 Å². The van der Waals surface area contributed by atoms with Crippen LogP contribution < -0.4 is 5.32 Å². The molecule has 4 nitrogen and oxygen atoms in total. The fourth-order valence-corrected chi connectivity index (χ4v) is 2.29. The van der Waals surface area contributed by atoms with E-state index in [1.165, 1.54) is 6.08 Å². The zero-order chi connectivity index (χ0) is 13.5. The number of nitrogens with one attached hydrogen (secondary N) is 1. The summed E-state index contributed by atoms with van der Waals surface area (Å²) >= 11 is 1.61. The summed E-state index contributed by atoms with van der Waals surface area (Å²) < 4.78 is 10.3. The minimum atomic E-state index is -0.154. The van der Waals surface area contributed by atoms with Gasteiger partial charge in [-0.25, -0.2) is 0 Å². The second kappa shape index (κ2) is 6.92. The molecule has 0 bridgehead atoms. The molecule has 0 fully saturated rings. The highest BCUT2D eigenvalue weighted by molar-refractivity contribution is 7.07.